The lowest BCUT2D eigenvalue weighted by atomic mass is 9.73. The number of hydrogen-bond donors (Lipinski definition) is 1. The van der Waals surface area contributed by atoms with Crippen LogP contribution in [0.4, 0.5) is 0 Å². The molecular weight excluding hydrogens is 366 g/mol. The van der Waals surface area contributed by atoms with Crippen molar-refractivity contribution in [2.45, 2.75) is 50.5 Å². The summed E-state index contributed by atoms with van der Waals surface area (Å²) in [6.45, 7) is 2.07. The second-order valence-electron chi connectivity index (χ2n) is 8.79. The van der Waals surface area contributed by atoms with E-state index in [1.165, 1.54) is 32.1 Å². The number of nitrogens with zero attached hydrogens (tertiary/aromatic N) is 3. The van der Waals surface area contributed by atoms with Gasteiger partial charge < -0.3 is 9.84 Å². The van der Waals surface area contributed by atoms with Gasteiger partial charge in [0.2, 0.25) is 0 Å². The lowest BCUT2D eigenvalue weighted by molar-refractivity contribution is -0.151. The van der Waals surface area contributed by atoms with Crippen LogP contribution in [-0.2, 0) is 11.3 Å². The highest BCUT2D eigenvalue weighted by Crippen LogP contribution is 2.49. The van der Waals surface area contributed by atoms with Gasteiger partial charge in [0, 0.05) is 49.4 Å². The Morgan fingerprint density at radius 2 is 1.93 bits per heavy atom. The van der Waals surface area contributed by atoms with Crippen LogP contribution in [0, 0.1) is 5.41 Å². The summed E-state index contributed by atoms with van der Waals surface area (Å²) in [5, 5.41) is 10.1. The maximum Gasteiger partial charge on any atom is 0.315 e. The van der Waals surface area contributed by atoms with Gasteiger partial charge in [0.05, 0.1) is 0 Å². The smallest absolute Gasteiger partial charge is 0.315 e. The minimum Gasteiger partial charge on any atom is -0.492 e. The number of hydrogen-bond acceptors (Lipinski definition) is 5. The monoisotopic (exact) mass is 393 g/mol. The van der Waals surface area contributed by atoms with E-state index in [-0.39, 0.29) is 12.5 Å². The number of ether oxygens (including phenoxy) is 1. The minimum atomic E-state index is -0.892. The Morgan fingerprint density at radius 3 is 2.69 bits per heavy atom. The third-order valence-electron chi connectivity index (χ3n) is 6.92. The molecule has 2 aromatic rings. The van der Waals surface area contributed by atoms with Crippen molar-refractivity contribution in [3.05, 3.63) is 53.6 Å². The average molecular weight is 393 g/mol. The van der Waals surface area contributed by atoms with E-state index in [9.17, 15) is 9.90 Å². The van der Waals surface area contributed by atoms with Gasteiger partial charge in [0.25, 0.3) is 0 Å². The number of carboxylic acid groups (broad SMARTS) is 1. The molecule has 0 bridgehead atoms. The summed E-state index contributed by atoms with van der Waals surface area (Å²) >= 11 is 0. The first-order valence-corrected chi connectivity index (χ1v) is 10.6. The molecule has 0 radical (unpaired) electrons. The van der Waals surface area contributed by atoms with Gasteiger partial charge in [-0.15, -0.1) is 0 Å². The molecule has 1 saturated carbocycles. The molecule has 1 aromatic carbocycles. The molecule has 29 heavy (non-hydrogen) atoms. The van der Waals surface area contributed by atoms with E-state index in [2.05, 4.69) is 14.9 Å². The number of carboxylic acids is 1. The van der Waals surface area contributed by atoms with Gasteiger partial charge in [-0.25, -0.2) is 9.97 Å². The van der Waals surface area contributed by atoms with Crippen molar-refractivity contribution in [3.63, 3.8) is 0 Å². The second kappa shape index (κ2) is 7.41. The molecule has 0 amide bonds. The number of likely N-dealkylation sites (tertiary alicyclic amines) is 1. The Hall–Kier alpha value is -2.47. The molecule has 1 N–H and O–H groups in total. The van der Waals surface area contributed by atoms with Crippen LogP contribution in [0.3, 0.4) is 0 Å². The number of carbonyl (C=O) groups is 1. The molecule has 3 aliphatic rings. The molecule has 152 valence electrons. The van der Waals surface area contributed by atoms with Crippen LogP contribution in [0.15, 0.2) is 36.7 Å². The van der Waals surface area contributed by atoms with Crippen molar-refractivity contribution >= 4 is 5.97 Å². The topological polar surface area (TPSA) is 75.6 Å². The average Bonchev–Trinajstić information content (AvgIpc) is 3.15. The predicted octanol–water partition coefficient (Wildman–Crippen LogP) is 3.59. The van der Waals surface area contributed by atoms with Crippen molar-refractivity contribution in [2.75, 3.05) is 19.7 Å². The fourth-order valence-corrected chi connectivity index (χ4v) is 5.33. The van der Waals surface area contributed by atoms with Crippen molar-refractivity contribution in [2.24, 2.45) is 5.41 Å². The fourth-order valence-electron chi connectivity index (χ4n) is 5.33. The van der Waals surface area contributed by atoms with Gasteiger partial charge in [0.15, 0.2) is 0 Å². The summed E-state index contributed by atoms with van der Waals surface area (Å²) in [5.74, 6) is 1.44. The second-order valence-corrected chi connectivity index (χ2v) is 8.79. The molecular formula is C23H27N3O3. The maximum absolute atomic E-state index is 12.3. The fraction of sp³-hybridized carbons (Fsp3) is 0.522. The molecule has 2 aliphatic heterocycles. The molecule has 6 heteroatoms. The van der Waals surface area contributed by atoms with E-state index in [4.69, 9.17) is 4.74 Å². The molecule has 1 aliphatic carbocycles. The van der Waals surface area contributed by atoms with Crippen molar-refractivity contribution in [1.29, 1.82) is 0 Å². The van der Waals surface area contributed by atoms with Crippen LogP contribution >= 0.6 is 0 Å². The summed E-state index contributed by atoms with van der Waals surface area (Å²) in [4.78, 5) is 23.8. The van der Waals surface area contributed by atoms with Crippen LogP contribution in [0.25, 0.3) is 0 Å². The standard InChI is InChI=1S/C23H27N3O3/c27-22(28)23-14-26(13-19(23)18-8-4-5-9-20(18)29-15-23)12-16-10-24-21(25-11-16)17-6-2-1-3-7-17/h4-5,8-11,17,19H,1-3,6-7,12-15H2,(H,27,28)/t19-,23-/m0/s1. The summed E-state index contributed by atoms with van der Waals surface area (Å²) in [5.41, 5.74) is 1.16. The van der Waals surface area contributed by atoms with Crippen molar-refractivity contribution in [3.8, 4) is 5.75 Å². The SMILES string of the molecule is O=C(O)[C@@]12COc3ccccc3[C@@H]1CN(Cc1cnc(C3CCCCC3)nc1)C2. The van der Waals surface area contributed by atoms with Crippen LogP contribution in [0.5, 0.6) is 5.75 Å². The summed E-state index contributed by atoms with van der Waals surface area (Å²) in [6, 6.07) is 7.83. The Morgan fingerprint density at radius 1 is 1.17 bits per heavy atom. The number of aromatic nitrogens is 2. The first kappa shape index (κ1) is 18.6. The maximum atomic E-state index is 12.3. The Labute approximate surface area is 170 Å². The lowest BCUT2D eigenvalue weighted by Gasteiger charge is -2.35. The number of para-hydroxylation sites is 1. The lowest BCUT2D eigenvalue weighted by Crippen LogP contribution is -2.45. The van der Waals surface area contributed by atoms with Gasteiger partial charge in [0.1, 0.15) is 23.6 Å². The Bertz CT molecular complexity index is 894. The third kappa shape index (κ3) is 3.29. The minimum absolute atomic E-state index is 0.0626. The van der Waals surface area contributed by atoms with E-state index >= 15 is 0 Å². The van der Waals surface area contributed by atoms with Gasteiger partial charge in [-0.05, 0) is 24.5 Å². The zero-order chi connectivity index (χ0) is 19.8. The molecule has 2 atom stereocenters. The van der Waals surface area contributed by atoms with Gasteiger partial charge in [-0.3, -0.25) is 9.69 Å². The molecule has 0 spiro atoms. The largest absolute Gasteiger partial charge is 0.492 e. The van der Waals surface area contributed by atoms with E-state index in [0.717, 1.165) is 22.7 Å². The highest BCUT2D eigenvalue weighted by molar-refractivity contribution is 5.78. The molecule has 1 aromatic heterocycles. The van der Waals surface area contributed by atoms with Crippen molar-refractivity contribution in [1.82, 2.24) is 14.9 Å². The predicted molar refractivity (Wildman–Crippen MR) is 108 cm³/mol. The van der Waals surface area contributed by atoms with Crippen molar-refractivity contribution < 1.29 is 14.6 Å². The molecule has 6 nitrogen and oxygen atoms in total. The quantitative estimate of drug-likeness (QED) is 0.856. The van der Waals surface area contributed by atoms with E-state index in [1.807, 2.05) is 36.7 Å². The van der Waals surface area contributed by atoms with Crippen LogP contribution < -0.4 is 4.74 Å². The van der Waals surface area contributed by atoms with Gasteiger partial charge in [-0.2, -0.15) is 0 Å². The Balaban J connectivity index is 1.33. The number of rotatable bonds is 4. The number of aliphatic carboxylic acids is 1. The van der Waals surface area contributed by atoms with E-state index < -0.39 is 11.4 Å². The molecule has 1 saturated heterocycles. The normalized spacial score (nSPS) is 27.1. The molecule has 0 unspecified atom stereocenters. The van der Waals surface area contributed by atoms with Gasteiger partial charge in [-0.1, -0.05) is 37.5 Å². The van der Waals surface area contributed by atoms with E-state index in [1.54, 1.807) is 0 Å². The highest BCUT2D eigenvalue weighted by Gasteiger charge is 2.56. The number of fused-ring (bicyclic) bond motifs is 3. The summed E-state index contributed by atoms with van der Waals surface area (Å²) in [7, 11) is 0. The zero-order valence-corrected chi connectivity index (χ0v) is 16.6. The van der Waals surface area contributed by atoms with E-state index in [0.29, 0.717) is 25.6 Å². The Kier molecular flexibility index (Phi) is 4.74. The first-order valence-electron chi connectivity index (χ1n) is 10.6. The summed E-state index contributed by atoms with van der Waals surface area (Å²) < 4.78 is 5.85. The molecule has 5 rings (SSSR count). The third-order valence-corrected chi connectivity index (χ3v) is 6.92. The number of benzene rings is 1. The highest BCUT2D eigenvalue weighted by atomic mass is 16.5. The zero-order valence-electron chi connectivity index (χ0n) is 16.6. The van der Waals surface area contributed by atoms with Crippen LogP contribution in [-0.4, -0.2) is 45.6 Å². The van der Waals surface area contributed by atoms with Gasteiger partial charge >= 0.3 is 5.97 Å². The van der Waals surface area contributed by atoms with Crippen LogP contribution in [0.2, 0.25) is 0 Å². The summed E-state index contributed by atoms with van der Waals surface area (Å²) in [6.07, 6.45) is 10.1. The molecule has 3 heterocycles. The first-order chi connectivity index (χ1) is 14.2. The molecule has 2 fully saturated rings. The van der Waals surface area contributed by atoms with Crippen LogP contribution in [0.1, 0.15) is 60.9 Å².